The summed E-state index contributed by atoms with van der Waals surface area (Å²) in [6.45, 7) is 9.12. The molecule has 4 nitrogen and oxygen atoms in total. The van der Waals surface area contributed by atoms with Crippen LogP contribution in [0.4, 0.5) is 23.0 Å². The van der Waals surface area contributed by atoms with E-state index in [0.717, 1.165) is 42.1 Å². The Morgan fingerprint density at radius 3 is 1.26 bits per heavy atom. The Hall–Kier alpha value is -1.35. The number of anilines is 1. The molecule has 5 rings (SSSR count). The van der Waals surface area contributed by atoms with Crippen molar-refractivity contribution in [3.8, 4) is 5.75 Å². The summed E-state index contributed by atoms with van der Waals surface area (Å²) in [5, 5.41) is 1.84. The van der Waals surface area contributed by atoms with Gasteiger partial charge in [0.2, 0.25) is 0 Å². The number of nitrogens with zero attached hydrogens (tertiary/aromatic N) is 1. The van der Waals surface area contributed by atoms with Crippen molar-refractivity contribution in [3.05, 3.63) is 59.2 Å². The average Bonchev–Trinajstić information content (AvgIpc) is 3.49. The maximum atomic E-state index is 13.8. The Kier molecular flexibility index (Phi) is 15.3. The predicted molar refractivity (Wildman–Crippen MR) is 170 cm³/mol. The van der Waals surface area contributed by atoms with E-state index in [1.807, 2.05) is 24.3 Å². The molecule has 0 spiro atoms. The third kappa shape index (κ3) is 10.3. The molecule has 4 atom stereocenters. The van der Waals surface area contributed by atoms with Gasteiger partial charge < -0.3 is 22.0 Å². The molecule has 43 heavy (non-hydrogen) atoms. The van der Waals surface area contributed by atoms with E-state index in [2.05, 4.69) is 52.0 Å². The van der Waals surface area contributed by atoms with Crippen LogP contribution in [0.5, 0.6) is 5.75 Å². The summed E-state index contributed by atoms with van der Waals surface area (Å²) in [6.07, 6.45) is 18.7. The summed E-state index contributed by atoms with van der Waals surface area (Å²) < 4.78 is 44.3. The van der Waals surface area contributed by atoms with Crippen LogP contribution < -0.4 is 9.64 Å². The van der Waals surface area contributed by atoms with Crippen LogP contribution in [0.3, 0.4) is 0 Å². The van der Waals surface area contributed by atoms with Crippen LogP contribution in [0.25, 0.3) is 0 Å². The predicted octanol–water partition coefficient (Wildman–Crippen LogP) is 9.86. The average molecular weight is 729 g/mol. The first-order chi connectivity index (χ1) is 19.8. The van der Waals surface area contributed by atoms with Gasteiger partial charge in [-0.25, -0.2) is 4.90 Å². The normalized spacial score (nSPS) is 27.0. The third-order valence-electron chi connectivity index (χ3n) is 8.12. The largest absolute Gasteiger partial charge is 0.673 e. The quantitative estimate of drug-likeness (QED) is 0.102. The molecular formula is C31H43BF4NO3P2Rh-. The number of hydrogen-bond acceptors (Lipinski definition) is 3. The number of amides is 2. The fourth-order valence-electron chi connectivity index (χ4n) is 6.07. The summed E-state index contributed by atoms with van der Waals surface area (Å²) in [7, 11) is -5.57. The minimum atomic E-state index is -6.00. The zero-order valence-corrected chi connectivity index (χ0v) is 29.0. The minimum absolute atomic E-state index is 0. The van der Waals surface area contributed by atoms with Gasteiger partial charge in [0.1, 0.15) is 5.75 Å². The van der Waals surface area contributed by atoms with Gasteiger partial charge in [-0.15, -0.1) is 0 Å². The molecule has 3 aliphatic heterocycles. The zero-order valence-electron chi connectivity index (χ0n) is 25.6. The standard InChI is InChI=1S/C23H31NO3P2.C8H12.BF4.Rh/c1-14-6-7-15(2)28(14)20-21(29-16(3)8-9-17(29)4)23(26)24(22(20)25)18-10-12-19(27-5)13-11-18;1-2-4-6-8-7-5-3-1;2-1(3,4)5;/h10-17H,6-9H2,1-5H3;1-2,7-8H,3-6H2;;/q;;-1;/b;2-1-,8-7?;;/t14-,15-,16-,17-;;;/m1.../s1. The molecular weight excluding hydrogens is 686 g/mol. The Labute approximate surface area is 269 Å². The Morgan fingerprint density at radius 2 is 0.977 bits per heavy atom. The first-order valence-corrected chi connectivity index (χ1v) is 17.8. The van der Waals surface area contributed by atoms with Crippen molar-refractivity contribution in [2.45, 2.75) is 102 Å². The Morgan fingerprint density at radius 1 is 0.674 bits per heavy atom. The molecule has 1 aromatic rings. The van der Waals surface area contributed by atoms with Gasteiger partial charge in [0, 0.05) is 19.5 Å². The molecule has 1 aromatic carbocycles. The van der Waals surface area contributed by atoms with Gasteiger partial charge in [0.15, 0.2) is 0 Å². The Bertz CT molecular complexity index is 1080. The van der Waals surface area contributed by atoms with Crippen molar-refractivity contribution in [1.29, 1.82) is 0 Å². The maximum Gasteiger partial charge on any atom is 0.673 e. The number of methoxy groups -OCH3 is 1. The van der Waals surface area contributed by atoms with E-state index in [9.17, 15) is 26.9 Å². The number of imide groups is 1. The summed E-state index contributed by atoms with van der Waals surface area (Å²) >= 11 is 0. The van der Waals surface area contributed by atoms with Crippen LogP contribution in [-0.4, -0.2) is 48.8 Å². The van der Waals surface area contributed by atoms with Crippen molar-refractivity contribution in [3.63, 3.8) is 0 Å². The van der Waals surface area contributed by atoms with Gasteiger partial charge in [0.05, 0.1) is 23.4 Å². The molecule has 1 aliphatic carbocycles. The molecule has 2 amide bonds. The number of halogens is 4. The van der Waals surface area contributed by atoms with E-state index in [1.165, 1.54) is 30.6 Å². The number of allylic oxidation sites excluding steroid dienone is 4. The number of ether oxygens (including phenoxy) is 1. The summed E-state index contributed by atoms with van der Waals surface area (Å²) in [4.78, 5) is 29.0. The minimum Gasteiger partial charge on any atom is -0.497 e. The van der Waals surface area contributed by atoms with Gasteiger partial charge in [-0.05, 0) is 98.3 Å². The number of rotatable bonds is 4. The van der Waals surface area contributed by atoms with Gasteiger partial charge in [-0.3, -0.25) is 9.59 Å². The summed E-state index contributed by atoms with van der Waals surface area (Å²) in [5.74, 6) is 0.637. The molecule has 0 unspecified atom stereocenters. The molecule has 0 aromatic heterocycles. The zero-order chi connectivity index (χ0) is 31.0. The van der Waals surface area contributed by atoms with Crippen LogP contribution in [0.2, 0.25) is 0 Å². The second-order valence-electron chi connectivity index (χ2n) is 11.3. The number of benzene rings is 1. The van der Waals surface area contributed by atoms with E-state index in [-0.39, 0.29) is 31.3 Å². The fraction of sp³-hybridized carbons (Fsp3) is 0.548. The van der Waals surface area contributed by atoms with E-state index >= 15 is 0 Å². The third-order valence-corrected chi connectivity index (χ3v) is 15.0. The first kappa shape index (κ1) is 37.8. The van der Waals surface area contributed by atoms with E-state index in [1.54, 1.807) is 7.11 Å². The molecule has 241 valence electrons. The van der Waals surface area contributed by atoms with Crippen molar-refractivity contribution < 1.29 is 51.1 Å². The van der Waals surface area contributed by atoms with Gasteiger partial charge in [-0.2, -0.15) is 0 Å². The smallest absolute Gasteiger partial charge is 0.497 e. The van der Waals surface area contributed by atoms with E-state index in [4.69, 9.17) is 4.74 Å². The summed E-state index contributed by atoms with van der Waals surface area (Å²) in [6, 6.07) is 7.31. The number of carbonyl (C=O) groups is 2. The van der Waals surface area contributed by atoms with Crippen LogP contribution in [0, 0.1) is 0 Å². The van der Waals surface area contributed by atoms with E-state index in [0.29, 0.717) is 28.3 Å². The SMILES string of the molecule is C1=CCC/C=C\CC1.COc1ccc(N2C(=O)C(P3[C@H](C)CC[C@H]3C)=C(P3[C@H](C)CC[C@H]3C)C2=O)cc1.F[B-](F)(F)F.[Rh]. The molecule has 1 radical (unpaired) electrons. The molecule has 4 aliphatic rings. The van der Waals surface area contributed by atoms with Crippen molar-refractivity contribution in [1.82, 2.24) is 0 Å². The summed E-state index contributed by atoms with van der Waals surface area (Å²) in [5.41, 5.74) is 2.72. The van der Waals surface area contributed by atoms with Gasteiger partial charge >= 0.3 is 7.25 Å². The van der Waals surface area contributed by atoms with Gasteiger partial charge in [-0.1, -0.05) is 67.8 Å². The topological polar surface area (TPSA) is 46.6 Å². The second-order valence-corrected chi connectivity index (χ2v) is 17.3. The first-order valence-electron chi connectivity index (χ1n) is 14.9. The van der Waals surface area contributed by atoms with Crippen LogP contribution in [0.15, 0.2) is 59.2 Å². The van der Waals surface area contributed by atoms with Crippen molar-refractivity contribution >= 4 is 40.6 Å². The maximum absolute atomic E-state index is 13.8. The van der Waals surface area contributed by atoms with E-state index < -0.39 is 23.1 Å². The monoisotopic (exact) mass is 729 g/mol. The molecule has 0 saturated carbocycles. The molecule has 0 N–H and O–H groups in total. The molecule has 2 fully saturated rings. The fourth-order valence-corrected chi connectivity index (χ4v) is 13.3. The number of hydrogen-bond donors (Lipinski definition) is 0. The van der Waals surface area contributed by atoms with Crippen LogP contribution in [0.1, 0.15) is 79.1 Å². The molecule has 12 heteroatoms. The molecule has 3 heterocycles. The van der Waals surface area contributed by atoms with Crippen molar-refractivity contribution in [2.75, 3.05) is 12.0 Å². The van der Waals surface area contributed by atoms with Crippen molar-refractivity contribution in [2.24, 2.45) is 0 Å². The molecule has 2 saturated heterocycles. The number of carbonyl (C=O) groups excluding carboxylic acids is 2. The Balaban J connectivity index is 0.000000384. The molecule has 0 bridgehead atoms. The second kappa shape index (κ2) is 17.4. The van der Waals surface area contributed by atoms with Crippen LogP contribution >= 0.6 is 15.8 Å². The van der Waals surface area contributed by atoms with Crippen LogP contribution in [-0.2, 0) is 29.1 Å². The van der Waals surface area contributed by atoms with Gasteiger partial charge in [0.25, 0.3) is 11.8 Å².